The zero-order chi connectivity index (χ0) is 11.1. The number of benzene rings is 1. The summed E-state index contributed by atoms with van der Waals surface area (Å²) in [6.45, 7) is 5.54. The van der Waals surface area contributed by atoms with Crippen molar-refractivity contribution in [3.63, 3.8) is 0 Å². The van der Waals surface area contributed by atoms with Crippen LogP contribution in [-0.4, -0.2) is 19.4 Å². The Balaban J connectivity index is 2.20. The summed E-state index contributed by atoms with van der Waals surface area (Å²) in [4.78, 5) is 10.7. The van der Waals surface area contributed by atoms with Crippen molar-refractivity contribution in [2.24, 2.45) is 5.41 Å². The smallest absolute Gasteiger partial charge is 0.126 e. The van der Waals surface area contributed by atoms with Crippen LogP contribution in [0, 0.1) is 5.41 Å². The molecule has 0 heterocycles. The molecule has 0 saturated heterocycles. The van der Waals surface area contributed by atoms with Gasteiger partial charge in [0.25, 0.3) is 0 Å². The summed E-state index contributed by atoms with van der Waals surface area (Å²) < 4.78 is 0. The van der Waals surface area contributed by atoms with E-state index < -0.39 is 0 Å². The molecule has 0 aliphatic carbocycles. The van der Waals surface area contributed by atoms with Crippen LogP contribution in [0.15, 0.2) is 30.3 Å². The maximum absolute atomic E-state index is 10.7. The largest absolute Gasteiger partial charge is 0.315 e. The fraction of sp³-hybridized carbons (Fsp3) is 0.462. The number of rotatable bonds is 6. The van der Waals surface area contributed by atoms with Crippen molar-refractivity contribution >= 4 is 6.29 Å². The van der Waals surface area contributed by atoms with E-state index in [9.17, 15) is 4.79 Å². The van der Waals surface area contributed by atoms with Gasteiger partial charge in [-0.3, -0.25) is 0 Å². The Labute approximate surface area is 91.7 Å². The van der Waals surface area contributed by atoms with Gasteiger partial charge >= 0.3 is 0 Å². The first kappa shape index (κ1) is 11.9. The van der Waals surface area contributed by atoms with Crippen molar-refractivity contribution in [3.8, 4) is 0 Å². The predicted molar refractivity (Wildman–Crippen MR) is 62.9 cm³/mol. The van der Waals surface area contributed by atoms with E-state index in [0.29, 0.717) is 0 Å². The first-order chi connectivity index (χ1) is 7.14. The number of hydrogen-bond donors (Lipinski definition) is 1. The number of carbonyl (C=O) groups excluding carboxylic acids is 1. The highest BCUT2D eigenvalue weighted by molar-refractivity contribution is 5.58. The molecule has 0 bridgehead atoms. The van der Waals surface area contributed by atoms with Crippen molar-refractivity contribution in [1.82, 2.24) is 5.32 Å². The second-order valence-corrected chi connectivity index (χ2v) is 4.52. The van der Waals surface area contributed by atoms with Crippen LogP contribution in [0.25, 0.3) is 0 Å². The van der Waals surface area contributed by atoms with Crippen LogP contribution in [0.5, 0.6) is 0 Å². The maximum atomic E-state index is 10.7. The molecule has 2 heteroatoms. The fourth-order valence-electron chi connectivity index (χ4n) is 1.33. The van der Waals surface area contributed by atoms with Gasteiger partial charge in [-0.1, -0.05) is 44.2 Å². The zero-order valence-corrected chi connectivity index (χ0v) is 9.49. The van der Waals surface area contributed by atoms with Gasteiger partial charge in [0.05, 0.1) is 0 Å². The van der Waals surface area contributed by atoms with Gasteiger partial charge in [-0.15, -0.1) is 0 Å². The Morgan fingerprint density at radius 3 is 2.53 bits per heavy atom. The lowest BCUT2D eigenvalue weighted by Gasteiger charge is -2.17. The van der Waals surface area contributed by atoms with Crippen molar-refractivity contribution in [3.05, 3.63) is 35.9 Å². The Morgan fingerprint density at radius 1 is 1.27 bits per heavy atom. The summed E-state index contributed by atoms with van der Waals surface area (Å²) in [5, 5.41) is 3.29. The summed E-state index contributed by atoms with van der Waals surface area (Å²) in [6.07, 6.45) is 2.01. The van der Waals surface area contributed by atoms with E-state index in [4.69, 9.17) is 0 Å². The van der Waals surface area contributed by atoms with Crippen molar-refractivity contribution < 1.29 is 4.79 Å². The molecule has 1 aromatic rings. The number of nitrogens with one attached hydrogen (secondary N) is 1. The van der Waals surface area contributed by atoms with Crippen LogP contribution in [0.3, 0.4) is 0 Å². The Bertz CT molecular complexity index is 293. The molecule has 82 valence electrons. The third-order valence-electron chi connectivity index (χ3n) is 2.33. The fourth-order valence-corrected chi connectivity index (χ4v) is 1.33. The minimum Gasteiger partial charge on any atom is -0.315 e. The number of carbonyl (C=O) groups is 1. The van der Waals surface area contributed by atoms with Crippen molar-refractivity contribution in [2.75, 3.05) is 13.1 Å². The molecule has 1 N–H and O–H groups in total. The average Bonchev–Trinajstić information content (AvgIpc) is 2.26. The molecule has 0 fully saturated rings. The summed E-state index contributed by atoms with van der Waals surface area (Å²) in [6, 6.07) is 10.3. The molecule has 0 atom stereocenters. The Kier molecular flexibility index (Phi) is 4.50. The lowest BCUT2D eigenvalue weighted by molar-refractivity contribution is -0.114. The molecule has 0 saturated carbocycles. The lowest BCUT2D eigenvalue weighted by Crippen LogP contribution is -2.31. The Morgan fingerprint density at radius 2 is 1.93 bits per heavy atom. The normalized spacial score (nSPS) is 11.3. The quantitative estimate of drug-likeness (QED) is 0.569. The molecule has 0 unspecified atom stereocenters. The highest BCUT2D eigenvalue weighted by Crippen LogP contribution is 2.08. The van der Waals surface area contributed by atoms with E-state index in [1.807, 2.05) is 32.0 Å². The first-order valence-electron chi connectivity index (χ1n) is 5.35. The average molecular weight is 205 g/mol. The minimum atomic E-state index is -0.253. The van der Waals surface area contributed by atoms with Crippen LogP contribution >= 0.6 is 0 Å². The van der Waals surface area contributed by atoms with Crippen LogP contribution in [-0.2, 0) is 11.2 Å². The van der Waals surface area contributed by atoms with E-state index in [1.54, 1.807) is 0 Å². The van der Waals surface area contributed by atoms with Crippen molar-refractivity contribution in [2.45, 2.75) is 20.3 Å². The molecule has 1 rings (SSSR count). The predicted octanol–water partition coefficient (Wildman–Crippen LogP) is 2.04. The molecule has 2 nitrogen and oxygen atoms in total. The summed E-state index contributed by atoms with van der Waals surface area (Å²) in [7, 11) is 0. The van der Waals surface area contributed by atoms with E-state index in [1.165, 1.54) is 5.56 Å². The van der Waals surface area contributed by atoms with Crippen LogP contribution in [0.2, 0.25) is 0 Å². The molecule has 0 amide bonds. The summed E-state index contributed by atoms with van der Waals surface area (Å²) in [5.74, 6) is 0. The van der Waals surface area contributed by atoms with Gasteiger partial charge in [-0.25, -0.2) is 0 Å². The van der Waals surface area contributed by atoms with E-state index >= 15 is 0 Å². The molecule has 0 aliphatic rings. The van der Waals surface area contributed by atoms with Gasteiger partial charge in [0.2, 0.25) is 0 Å². The topological polar surface area (TPSA) is 29.1 Å². The number of hydrogen-bond acceptors (Lipinski definition) is 2. The van der Waals surface area contributed by atoms with E-state index in [2.05, 4.69) is 17.4 Å². The van der Waals surface area contributed by atoms with Crippen LogP contribution < -0.4 is 5.32 Å². The monoisotopic (exact) mass is 205 g/mol. The number of aldehydes is 1. The van der Waals surface area contributed by atoms with Crippen LogP contribution in [0.4, 0.5) is 0 Å². The van der Waals surface area contributed by atoms with Gasteiger partial charge in [-0.05, 0) is 18.5 Å². The van der Waals surface area contributed by atoms with Gasteiger partial charge < -0.3 is 10.1 Å². The maximum Gasteiger partial charge on any atom is 0.126 e. The molecule has 0 spiro atoms. The molecule has 0 aromatic heterocycles. The van der Waals surface area contributed by atoms with E-state index in [-0.39, 0.29) is 5.41 Å². The highest BCUT2D eigenvalue weighted by Gasteiger charge is 2.14. The summed E-state index contributed by atoms with van der Waals surface area (Å²) in [5.41, 5.74) is 1.07. The third kappa shape index (κ3) is 4.75. The lowest BCUT2D eigenvalue weighted by atomic mass is 9.96. The highest BCUT2D eigenvalue weighted by atomic mass is 16.1. The Hall–Kier alpha value is -1.15. The SMILES string of the molecule is CC(C)(C=O)CNCCc1ccccc1. The second-order valence-electron chi connectivity index (χ2n) is 4.52. The van der Waals surface area contributed by atoms with Crippen LogP contribution in [0.1, 0.15) is 19.4 Å². The molecule has 0 aliphatic heterocycles. The molecular weight excluding hydrogens is 186 g/mol. The van der Waals surface area contributed by atoms with Gasteiger partial charge in [0.15, 0.2) is 0 Å². The summed E-state index contributed by atoms with van der Waals surface area (Å²) >= 11 is 0. The van der Waals surface area contributed by atoms with Crippen molar-refractivity contribution in [1.29, 1.82) is 0 Å². The minimum absolute atomic E-state index is 0.253. The molecular formula is C13H19NO. The molecule has 0 radical (unpaired) electrons. The molecule has 1 aromatic carbocycles. The molecule has 15 heavy (non-hydrogen) atoms. The zero-order valence-electron chi connectivity index (χ0n) is 9.49. The van der Waals surface area contributed by atoms with E-state index in [0.717, 1.165) is 25.8 Å². The standard InChI is InChI=1S/C13H19NO/c1-13(2,11-15)10-14-9-8-12-6-4-3-5-7-12/h3-7,11,14H,8-10H2,1-2H3. The third-order valence-corrected chi connectivity index (χ3v) is 2.33. The second kappa shape index (κ2) is 5.66. The van der Waals surface area contributed by atoms with Gasteiger partial charge in [0, 0.05) is 12.0 Å². The van der Waals surface area contributed by atoms with Gasteiger partial charge in [-0.2, -0.15) is 0 Å². The first-order valence-corrected chi connectivity index (χ1v) is 5.35. The van der Waals surface area contributed by atoms with Gasteiger partial charge in [0.1, 0.15) is 6.29 Å².